The Labute approximate surface area is 193 Å². The second-order valence-electron chi connectivity index (χ2n) is 5.80. The average Bonchev–Trinajstić information content (AvgIpc) is 3.42. The molecular formula is C19H20Br2N6O4. The minimum Gasteiger partial charge on any atom is -0.461 e. The van der Waals surface area contributed by atoms with E-state index in [0.29, 0.717) is 35.9 Å². The lowest BCUT2D eigenvalue weighted by Gasteiger charge is -2.01. The molecule has 0 aliphatic carbocycles. The van der Waals surface area contributed by atoms with Crippen molar-refractivity contribution in [2.75, 3.05) is 13.2 Å². The van der Waals surface area contributed by atoms with E-state index in [4.69, 9.17) is 9.47 Å². The minimum atomic E-state index is -0.406. The minimum absolute atomic E-state index is 0.305. The van der Waals surface area contributed by atoms with Gasteiger partial charge in [0.05, 0.1) is 25.6 Å². The van der Waals surface area contributed by atoms with E-state index in [9.17, 15) is 9.59 Å². The van der Waals surface area contributed by atoms with E-state index in [-0.39, 0.29) is 0 Å². The molecule has 0 radical (unpaired) electrons. The van der Waals surface area contributed by atoms with Crippen LogP contribution in [0.1, 0.15) is 40.4 Å². The van der Waals surface area contributed by atoms with Gasteiger partial charge in [-0.1, -0.05) is 0 Å². The van der Waals surface area contributed by atoms with E-state index in [0.717, 1.165) is 5.56 Å². The first kappa shape index (κ1) is 24.4. The largest absolute Gasteiger partial charge is 0.461 e. The topological polar surface area (TPSA) is 113 Å². The number of fused-ring (bicyclic) bond motifs is 2. The summed E-state index contributed by atoms with van der Waals surface area (Å²) in [4.78, 5) is 31.0. The number of ether oxygens (including phenoxy) is 2. The standard InChI is InChI=1S/C10H11N3O2.C9H9N3O2.Br2/c1-3-15-10(14)8-4-5-13-9(12-8)7(2)6-11-13;1-2-14-9(13)7-4-6-12-8(11-7)3-5-10-12;1-2/h4-6H,3H2,1-2H3;3-6H,2H2,1H3;. The molecule has 31 heavy (non-hydrogen) atoms. The summed E-state index contributed by atoms with van der Waals surface area (Å²) in [6, 6.07) is 4.90. The Morgan fingerprint density at radius 2 is 1.48 bits per heavy atom. The number of esters is 2. The molecule has 0 saturated heterocycles. The summed E-state index contributed by atoms with van der Waals surface area (Å²) in [6.45, 7) is 6.12. The number of aryl methyl sites for hydroxylation is 1. The zero-order valence-electron chi connectivity index (χ0n) is 17.0. The van der Waals surface area contributed by atoms with Gasteiger partial charge in [-0.25, -0.2) is 28.6 Å². The Balaban J connectivity index is 0.000000204. The molecular weight excluding hydrogens is 536 g/mol. The molecule has 164 valence electrons. The van der Waals surface area contributed by atoms with Gasteiger partial charge < -0.3 is 9.47 Å². The van der Waals surface area contributed by atoms with E-state index in [1.807, 2.05) is 6.92 Å². The van der Waals surface area contributed by atoms with Crippen LogP contribution in [0.3, 0.4) is 0 Å². The maximum absolute atomic E-state index is 11.4. The quantitative estimate of drug-likeness (QED) is 0.349. The van der Waals surface area contributed by atoms with Crippen molar-refractivity contribution in [1.82, 2.24) is 29.2 Å². The van der Waals surface area contributed by atoms with Crippen LogP contribution in [0.2, 0.25) is 0 Å². The Hall–Kier alpha value is -2.86. The molecule has 10 nitrogen and oxygen atoms in total. The van der Waals surface area contributed by atoms with E-state index in [1.54, 1.807) is 65.9 Å². The maximum Gasteiger partial charge on any atom is 0.357 e. The van der Waals surface area contributed by atoms with Crippen LogP contribution in [0.4, 0.5) is 0 Å². The van der Waals surface area contributed by atoms with Crippen molar-refractivity contribution in [1.29, 1.82) is 0 Å². The summed E-state index contributed by atoms with van der Waals surface area (Å²) >= 11 is 5.50. The smallest absolute Gasteiger partial charge is 0.357 e. The fraction of sp³-hybridized carbons (Fsp3) is 0.263. The van der Waals surface area contributed by atoms with Crippen molar-refractivity contribution in [3.63, 3.8) is 0 Å². The molecule has 0 unspecified atom stereocenters. The van der Waals surface area contributed by atoms with Crippen LogP contribution in [0.25, 0.3) is 11.3 Å². The van der Waals surface area contributed by atoms with Crippen LogP contribution in [-0.4, -0.2) is 54.3 Å². The highest BCUT2D eigenvalue weighted by Crippen LogP contribution is 2.08. The van der Waals surface area contributed by atoms with Gasteiger partial charge in [-0.2, -0.15) is 10.2 Å². The Morgan fingerprint density at radius 1 is 0.903 bits per heavy atom. The van der Waals surface area contributed by atoms with Crippen LogP contribution in [0.5, 0.6) is 0 Å². The van der Waals surface area contributed by atoms with E-state index in [2.05, 4.69) is 48.4 Å². The van der Waals surface area contributed by atoms with Gasteiger partial charge in [0.2, 0.25) is 0 Å². The first-order chi connectivity index (χ1) is 15.0. The van der Waals surface area contributed by atoms with Gasteiger partial charge in [0, 0.05) is 52.3 Å². The Morgan fingerprint density at radius 3 is 2.10 bits per heavy atom. The van der Waals surface area contributed by atoms with Gasteiger partial charge >= 0.3 is 11.9 Å². The summed E-state index contributed by atoms with van der Waals surface area (Å²) in [6.07, 6.45) is 6.70. The van der Waals surface area contributed by atoms with Crippen molar-refractivity contribution in [3.05, 3.63) is 59.9 Å². The molecule has 0 amide bonds. The molecule has 4 aromatic heterocycles. The normalized spacial score (nSPS) is 9.97. The molecule has 0 saturated carbocycles. The second kappa shape index (κ2) is 12.1. The Bertz CT molecular complexity index is 1160. The zero-order valence-corrected chi connectivity index (χ0v) is 20.2. The van der Waals surface area contributed by atoms with Crippen LogP contribution < -0.4 is 0 Å². The molecule has 0 N–H and O–H groups in total. The van der Waals surface area contributed by atoms with E-state index in [1.165, 1.54) is 0 Å². The van der Waals surface area contributed by atoms with Gasteiger partial charge in [-0.05, 0) is 32.9 Å². The molecule has 0 aliphatic heterocycles. The van der Waals surface area contributed by atoms with Gasteiger partial charge in [-0.3, -0.25) is 0 Å². The van der Waals surface area contributed by atoms with Crippen molar-refractivity contribution < 1.29 is 19.1 Å². The molecule has 4 rings (SSSR count). The van der Waals surface area contributed by atoms with Crippen molar-refractivity contribution in [2.24, 2.45) is 0 Å². The summed E-state index contributed by atoms with van der Waals surface area (Å²) in [7, 11) is 0. The number of rotatable bonds is 4. The molecule has 0 fully saturated rings. The molecule has 0 spiro atoms. The second-order valence-corrected chi connectivity index (χ2v) is 5.80. The number of hydrogen-bond acceptors (Lipinski definition) is 8. The Kier molecular flexibility index (Phi) is 9.53. The lowest BCUT2D eigenvalue weighted by molar-refractivity contribution is 0.0510. The number of halogens is 2. The zero-order chi connectivity index (χ0) is 22.8. The number of hydrogen-bond donors (Lipinski definition) is 0. The molecule has 0 atom stereocenters. The van der Waals surface area contributed by atoms with Crippen LogP contribution >= 0.6 is 28.3 Å². The monoisotopic (exact) mass is 554 g/mol. The van der Waals surface area contributed by atoms with Gasteiger partial charge in [0.15, 0.2) is 22.7 Å². The van der Waals surface area contributed by atoms with Crippen molar-refractivity contribution in [3.8, 4) is 0 Å². The average molecular weight is 556 g/mol. The number of aromatic nitrogens is 6. The summed E-state index contributed by atoms with van der Waals surface area (Å²) < 4.78 is 12.9. The lowest BCUT2D eigenvalue weighted by atomic mass is 10.3. The first-order valence-corrected chi connectivity index (χ1v) is 12.8. The number of carbonyl (C=O) groups is 2. The SMILES string of the molecule is BrBr.CCOC(=O)c1ccn2ncc(C)c2n1.CCOC(=O)c1ccn2nccc2n1. The molecule has 0 aromatic carbocycles. The fourth-order valence-corrected chi connectivity index (χ4v) is 2.43. The molecule has 4 aromatic rings. The third-order valence-corrected chi connectivity index (χ3v) is 3.77. The van der Waals surface area contributed by atoms with Crippen LogP contribution in [0.15, 0.2) is 43.0 Å². The van der Waals surface area contributed by atoms with Gasteiger partial charge in [-0.15, -0.1) is 0 Å². The highest BCUT2D eigenvalue weighted by molar-refractivity contribution is 9.93. The molecule has 4 heterocycles. The third-order valence-electron chi connectivity index (χ3n) is 3.77. The lowest BCUT2D eigenvalue weighted by Crippen LogP contribution is -2.08. The van der Waals surface area contributed by atoms with Gasteiger partial charge in [0.25, 0.3) is 0 Å². The highest BCUT2D eigenvalue weighted by Gasteiger charge is 2.10. The molecule has 12 heteroatoms. The number of nitrogens with zero attached hydrogens (tertiary/aromatic N) is 6. The summed E-state index contributed by atoms with van der Waals surface area (Å²) in [5.74, 6) is -0.809. The third kappa shape index (κ3) is 6.31. The van der Waals surface area contributed by atoms with Crippen LogP contribution in [0, 0.1) is 6.92 Å². The summed E-state index contributed by atoms with van der Waals surface area (Å²) in [5.41, 5.74) is 2.87. The van der Waals surface area contributed by atoms with Crippen molar-refractivity contribution >= 4 is 51.5 Å². The van der Waals surface area contributed by atoms with Gasteiger partial charge in [0.1, 0.15) is 0 Å². The van der Waals surface area contributed by atoms with E-state index < -0.39 is 11.9 Å². The van der Waals surface area contributed by atoms with Crippen molar-refractivity contribution in [2.45, 2.75) is 20.8 Å². The first-order valence-electron chi connectivity index (χ1n) is 9.13. The number of carbonyl (C=O) groups excluding carboxylic acids is 2. The predicted octanol–water partition coefficient (Wildman–Crippen LogP) is 3.81. The maximum atomic E-state index is 11.4. The summed E-state index contributed by atoms with van der Waals surface area (Å²) in [5, 5.41) is 8.03. The highest BCUT2D eigenvalue weighted by atomic mass is 80.9. The molecule has 0 aliphatic rings. The van der Waals surface area contributed by atoms with Crippen LogP contribution in [-0.2, 0) is 9.47 Å². The predicted molar refractivity (Wildman–Crippen MR) is 120 cm³/mol. The molecule has 0 bridgehead atoms. The fourth-order valence-electron chi connectivity index (χ4n) is 2.43. The van der Waals surface area contributed by atoms with E-state index >= 15 is 0 Å².